The van der Waals surface area contributed by atoms with Gasteiger partial charge in [-0.05, 0) is 103 Å². The molecule has 0 radical (unpaired) electrons. The number of para-hydroxylation sites is 3. The van der Waals surface area contributed by atoms with Gasteiger partial charge in [-0.3, -0.25) is 0 Å². The molecule has 0 aliphatic carbocycles. The molecule has 0 N–H and O–H groups in total. The molecule has 0 spiro atoms. The third-order valence-corrected chi connectivity index (χ3v) is 16.6. The van der Waals surface area contributed by atoms with Crippen LogP contribution in [0.1, 0.15) is 25.0 Å². The monoisotopic (exact) mass is 874 g/mol. The molecular weight excluding hydrogens is 838 g/mol. The zero-order valence-corrected chi connectivity index (χ0v) is 37.3. The fourth-order valence-corrected chi connectivity index (χ4v) is 13.8. The lowest BCUT2D eigenvalue weighted by atomic mass is 9.33. The number of hydrogen-bond acceptors (Lipinski definition) is 6. The normalized spacial score (nSPS) is 15.0. The third-order valence-electron chi connectivity index (χ3n) is 15.3. The number of benzene rings is 9. The van der Waals surface area contributed by atoms with Gasteiger partial charge < -0.3 is 23.7 Å². The van der Waals surface area contributed by atoms with Crippen molar-refractivity contribution in [3.8, 4) is 33.4 Å². The van der Waals surface area contributed by atoms with Gasteiger partial charge in [0.15, 0.2) is 0 Å². The Morgan fingerprint density at radius 3 is 1.87 bits per heavy atom. The van der Waals surface area contributed by atoms with Crippen LogP contribution >= 0.6 is 11.3 Å². The molecule has 5 aliphatic rings. The van der Waals surface area contributed by atoms with Crippen LogP contribution in [0.5, 0.6) is 23.0 Å². The van der Waals surface area contributed by atoms with Crippen LogP contribution in [0.15, 0.2) is 186 Å². The summed E-state index contributed by atoms with van der Waals surface area (Å²) in [6, 6.07) is 66.3. The van der Waals surface area contributed by atoms with Crippen molar-refractivity contribution in [2.75, 3.05) is 9.80 Å². The Morgan fingerprint density at radius 2 is 1.07 bits per heavy atom. The molecule has 7 heterocycles. The number of furan rings is 1. The van der Waals surface area contributed by atoms with Crippen LogP contribution in [-0.2, 0) is 5.41 Å². The quantitative estimate of drug-likeness (QED) is 0.162. The predicted molar refractivity (Wildman–Crippen MR) is 278 cm³/mol. The molecule has 312 valence electrons. The van der Waals surface area contributed by atoms with E-state index in [2.05, 4.69) is 206 Å². The topological polar surface area (TPSA) is 38.1 Å². The number of fused-ring (bicyclic) bond motifs is 14. The molecule has 2 aromatic heterocycles. The molecule has 0 saturated heterocycles. The van der Waals surface area contributed by atoms with E-state index in [9.17, 15) is 0 Å². The van der Waals surface area contributed by atoms with Gasteiger partial charge in [-0.1, -0.05) is 135 Å². The van der Waals surface area contributed by atoms with Gasteiger partial charge in [0.2, 0.25) is 0 Å². The standard InChI is InChI=1S/C59H36B2N2O3S/c1-59(2)39-20-8-9-23-44(39)63-46-25-13-26-48-55(46)60(41-22-11-21-40(59)57(41)63)42-28-37-38-29-43-53(32-51(38)66-50(37)31-52(42)64-48)65-49-27-12-24-45-56(49)61(43)58-47(62(45)34-16-4-3-5-17-34)30-54(67-58)36-19-10-15-33-14-6-7-18-35(33)36/h3-32H,1-2H3. The van der Waals surface area contributed by atoms with Crippen LogP contribution in [0.2, 0.25) is 0 Å². The minimum absolute atomic E-state index is 0.0320. The van der Waals surface area contributed by atoms with Crippen molar-refractivity contribution < 1.29 is 13.9 Å². The second-order valence-electron chi connectivity index (χ2n) is 19.1. The number of ether oxygens (including phenoxy) is 2. The lowest BCUT2D eigenvalue weighted by Gasteiger charge is -2.47. The van der Waals surface area contributed by atoms with Crippen LogP contribution < -0.4 is 51.4 Å². The molecule has 0 bridgehead atoms. The summed E-state index contributed by atoms with van der Waals surface area (Å²) < 4.78 is 22.1. The zero-order valence-electron chi connectivity index (χ0n) is 36.5. The molecule has 8 heteroatoms. The number of rotatable bonds is 2. The van der Waals surface area contributed by atoms with Crippen LogP contribution in [0.4, 0.5) is 34.1 Å². The molecule has 5 aliphatic heterocycles. The summed E-state index contributed by atoms with van der Waals surface area (Å²) in [5, 5.41) is 4.63. The summed E-state index contributed by atoms with van der Waals surface area (Å²) in [5.41, 5.74) is 18.4. The van der Waals surface area contributed by atoms with Gasteiger partial charge in [-0.15, -0.1) is 11.3 Å². The largest absolute Gasteiger partial charge is 0.458 e. The number of thiophene rings is 1. The molecule has 5 nitrogen and oxygen atoms in total. The average molecular weight is 875 g/mol. The van der Waals surface area contributed by atoms with Crippen molar-refractivity contribution in [3.63, 3.8) is 0 Å². The Bertz CT molecular complexity index is 4020. The maximum atomic E-state index is 6.98. The smallest absolute Gasteiger partial charge is 0.268 e. The first-order valence-corrected chi connectivity index (χ1v) is 24.0. The highest BCUT2D eigenvalue weighted by atomic mass is 32.1. The van der Waals surface area contributed by atoms with Gasteiger partial charge in [-0.2, -0.15) is 0 Å². The molecule has 9 aromatic carbocycles. The highest BCUT2D eigenvalue weighted by molar-refractivity contribution is 7.31. The fourth-order valence-electron chi connectivity index (χ4n) is 12.4. The van der Waals surface area contributed by atoms with E-state index in [1.165, 1.54) is 76.3 Å². The first-order valence-electron chi connectivity index (χ1n) is 23.1. The van der Waals surface area contributed by atoms with Gasteiger partial charge in [0, 0.05) is 60.7 Å². The average Bonchev–Trinajstić information content (AvgIpc) is 3.95. The van der Waals surface area contributed by atoms with Gasteiger partial charge in [-0.25, -0.2) is 0 Å². The van der Waals surface area contributed by atoms with E-state index < -0.39 is 0 Å². The second-order valence-corrected chi connectivity index (χ2v) is 20.2. The summed E-state index contributed by atoms with van der Waals surface area (Å²) in [4.78, 5) is 6.17. The van der Waals surface area contributed by atoms with Crippen LogP contribution in [0, 0.1) is 0 Å². The Hall–Kier alpha value is -7.93. The van der Waals surface area contributed by atoms with E-state index in [0.717, 1.165) is 67.2 Å². The Kier molecular flexibility index (Phi) is 6.88. The number of hydrogen-bond donors (Lipinski definition) is 0. The Labute approximate surface area is 391 Å². The summed E-state index contributed by atoms with van der Waals surface area (Å²) in [5.74, 6) is 3.42. The van der Waals surface area contributed by atoms with Gasteiger partial charge in [0.05, 0.1) is 11.4 Å². The minimum atomic E-state index is -0.179. The number of nitrogens with zero attached hydrogens (tertiary/aromatic N) is 2. The third kappa shape index (κ3) is 4.65. The highest BCUT2D eigenvalue weighted by Crippen LogP contribution is 2.53. The van der Waals surface area contributed by atoms with Gasteiger partial charge >= 0.3 is 0 Å². The lowest BCUT2D eigenvalue weighted by Crippen LogP contribution is -2.60. The molecular formula is C59H36B2N2O3S. The summed E-state index contributed by atoms with van der Waals surface area (Å²) in [7, 11) is 0. The molecule has 67 heavy (non-hydrogen) atoms. The van der Waals surface area contributed by atoms with E-state index in [0.29, 0.717) is 0 Å². The molecule has 0 atom stereocenters. The zero-order chi connectivity index (χ0) is 43.9. The minimum Gasteiger partial charge on any atom is -0.458 e. The van der Waals surface area contributed by atoms with E-state index in [1.807, 2.05) is 11.3 Å². The molecule has 0 fully saturated rings. The highest BCUT2D eigenvalue weighted by Gasteiger charge is 2.48. The van der Waals surface area contributed by atoms with E-state index in [-0.39, 0.29) is 18.8 Å². The molecule has 0 amide bonds. The summed E-state index contributed by atoms with van der Waals surface area (Å²) >= 11 is 1.89. The summed E-state index contributed by atoms with van der Waals surface area (Å²) in [6.45, 7) is 4.64. The maximum Gasteiger partial charge on any atom is 0.268 e. The van der Waals surface area contributed by atoms with E-state index >= 15 is 0 Å². The van der Waals surface area contributed by atoms with Crippen LogP contribution in [0.25, 0.3) is 43.2 Å². The molecule has 11 aromatic rings. The Balaban J connectivity index is 0.915. The summed E-state index contributed by atoms with van der Waals surface area (Å²) in [6.07, 6.45) is 0. The van der Waals surface area contributed by atoms with Crippen LogP contribution in [0.3, 0.4) is 0 Å². The molecule has 16 rings (SSSR count). The lowest BCUT2D eigenvalue weighted by molar-refractivity contribution is 0.486. The van der Waals surface area contributed by atoms with Gasteiger partial charge in [0.25, 0.3) is 13.4 Å². The molecule has 0 saturated carbocycles. The maximum absolute atomic E-state index is 6.98. The van der Waals surface area contributed by atoms with Crippen molar-refractivity contribution in [3.05, 3.63) is 193 Å². The van der Waals surface area contributed by atoms with E-state index in [4.69, 9.17) is 13.9 Å². The number of anilines is 6. The Morgan fingerprint density at radius 1 is 0.463 bits per heavy atom. The van der Waals surface area contributed by atoms with Crippen molar-refractivity contribution in [1.29, 1.82) is 0 Å². The van der Waals surface area contributed by atoms with Crippen molar-refractivity contribution in [1.82, 2.24) is 0 Å². The van der Waals surface area contributed by atoms with Crippen molar-refractivity contribution >= 4 is 124 Å². The van der Waals surface area contributed by atoms with E-state index in [1.54, 1.807) is 0 Å². The van der Waals surface area contributed by atoms with Crippen LogP contribution in [-0.4, -0.2) is 13.4 Å². The SMILES string of the molecule is CC1(C)c2ccccc2N2c3cccc4c3B(c3cc5c(cc3O4)oc3cc4c(cc35)B3c5sc(-c6cccc7ccccc67)cc5N(c5ccccc5)c5cccc(c53)O4)c3cccc1c32. The van der Waals surface area contributed by atoms with Crippen molar-refractivity contribution in [2.45, 2.75) is 19.3 Å². The molecule has 0 unspecified atom stereocenters. The van der Waals surface area contributed by atoms with Crippen molar-refractivity contribution in [2.24, 2.45) is 0 Å². The predicted octanol–water partition coefficient (Wildman–Crippen LogP) is 11.9. The second kappa shape index (κ2) is 12.7. The fraction of sp³-hybridized carbons (Fsp3) is 0.0508. The first-order chi connectivity index (χ1) is 33.0. The first kappa shape index (κ1) is 36.3. The van der Waals surface area contributed by atoms with Gasteiger partial charge in [0.1, 0.15) is 34.2 Å².